The smallest absolute Gasteiger partial charge is 0.293 e. The van der Waals surface area contributed by atoms with Crippen LogP contribution in [0.15, 0.2) is 18.2 Å². The first-order valence-corrected chi connectivity index (χ1v) is 6.21. The van der Waals surface area contributed by atoms with Gasteiger partial charge in [-0.05, 0) is 42.4 Å². The number of nitrogens with two attached hydrogens (primary N) is 1. The van der Waals surface area contributed by atoms with Gasteiger partial charge in [-0.1, -0.05) is 25.1 Å². The van der Waals surface area contributed by atoms with Gasteiger partial charge in [-0.2, -0.15) is 0 Å². The standard InChI is InChI=1S/C14H19NO2.ClH/c1-2-14(17-9-16)13-5-3-4-10-8-11(15)6-7-12(10)13;/h3-5,9,11,14H,2,6-8,15H2,1H3;1H. The van der Waals surface area contributed by atoms with E-state index in [2.05, 4.69) is 12.1 Å². The molecule has 1 aliphatic carbocycles. The molecule has 2 atom stereocenters. The number of benzene rings is 1. The number of hydrogen-bond acceptors (Lipinski definition) is 3. The van der Waals surface area contributed by atoms with Gasteiger partial charge in [0.05, 0.1) is 0 Å². The number of hydrogen-bond donors (Lipinski definition) is 1. The van der Waals surface area contributed by atoms with Gasteiger partial charge in [-0.25, -0.2) is 0 Å². The highest BCUT2D eigenvalue weighted by atomic mass is 35.5. The molecule has 1 aromatic carbocycles. The Morgan fingerprint density at radius 1 is 1.56 bits per heavy atom. The van der Waals surface area contributed by atoms with E-state index < -0.39 is 0 Å². The predicted molar refractivity (Wildman–Crippen MR) is 73.9 cm³/mol. The lowest BCUT2D eigenvalue weighted by Gasteiger charge is -2.26. The van der Waals surface area contributed by atoms with Gasteiger partial charge in [0.15, 0.2) is 0 Å². The molecule has 0 saturated carbocycles. The van der Waals surface area contributed by atoms with Gasteiger partial charge < -0.3 is 10.5 Å². The number of halogens is 1. The Kier molecular flexibility index (Phi) is 5.63. The van der Waals surface area contributed by atoms with E-state index in [4.69, 9.17) is 10.5 Å². The van der Waals surface area contributed by atoms with Crippen molar-refractivity contribution in [3.8, 4) is 0 Å². The second-order valence-electron chi connectivity index (χ2n) is 4.62. The summed E-state index contributed by atoms with van der Waals surface area (Å²) in [6.07, 6.45) is 3.63. The molecule has 0 bridgehead atoms. The fourth-order valence-electron chi connectivity index (χ4n) is 2.62. The molecule has 2 rings (SSSR count). The van der Waals surface area contributed by atoms with Crippen molar-refractivity contribution in [2.75, 3.05) is 0 Å². The van der Waals surface area contributed by atoms with Crippen molar-refractivity contribution in [3.05, 3.63) is 34.9 Å². The molecule has 0 spiro atoms. The van der Waals surface area contributed by atoms with Crippen LogP contribution in [0.4, 0.5) is 0 Å². The molecular weight excluding hydrogens is 250 g/mol. The van der Waals surface area contributed by atoms with E-state index >= 15 is 0 Å². The van der Waals surface area contributed by atoms with Gasteiger partial charge in [-0.15, -0.1) is 12.4 Å². The summed E-state index contributed by atoms with van der Waals surface area (Å²) in [6, 6.07) is 6.49. The minimum atomic E-state index is -0.114. The fourth-order valence-corrected chi connectivity index (χ4v) is 2.62. The zero-order valence-electron chi connectivity index (χ0n) is 10.6. The third-order valence-corrected chi connectivity index (χ3v) is 3.49. The number of carbonyl (C=O) groups is 1. The van der Waals surface area contributed by atoms with Crippen molar-refractivity contribution < 1.29 is 9.53 Å². The van der Waals surface area contributed by atoms with E-state index in [1.54, 1.807) is 0 Å². The predicted octanol–water partition coefficient (Wildman–Crippen LogP) is 2.55. The largest absolute Gasteiger partial charge is 0.460 e. The highest BCUT2D eigenvalue weighted by Gasteiger charge is 2.21. The molecule has 0 fully saturated rings. The average molecular weight is 270 g/mol. The molecule has 18 heavy (non-hydrogen) atoms. The van der Waals surface area contributed by atoms with E-state index in [9.17, 15) is 4.79 Å². The molecule has 0 saturated heterocycles. The van der Waals surface area contributed by atoms with E-state index in [0.717, 1.165) is 31.2 Å². The summed E-state index contributed by atoms with van der Waals surface area (Å²) in [5, 5.41) is 0. The van der Waals surface area contributed by atoms with E-state index in [-0.39, 0.29) is 24.6 Å². The first-order valence-electron chi connectivity index (χ1n) is 6.21. The van der Waals surface area contributed by atoms with Crippen LogP contribution in [0.3, 0.4) is 0 Å². The molecule has 0 aliphatic heterocycles. The van der Waals surface area contributed by atoms with Crippen LogP contribution in [0.1, 0.15) is 42.6 Å². The van der Waals surface area contributed by atoms with Crippen LogP contribution in [-0.2, 0) is 22.4 Å². The van der Waals surface area contributed by atoms with Crippen LogP contribution >= 0.6 is 12.4 Å². The lowest BCUT2D eigenvalue weighted by molar-refractivity contribution is -0.134. The molecule has 0 radical (unpaired) electrons. The van der Waals surface area contributed by atoms with Crippen LogP contribution in [0.25, 0.3) is 0 Å². The summed E-state index contributed by atoms with van der Waals surface area (Å²) in [7, 11) is 0. The minimum Gasteiger partial charge on any atom is -0.460 e. The van der Waals surface area contributed by atoms with Gasteiger partial charge in [-0.3, -0.25) is 4.79 Å². The first kappa shape index (κ1) is 15.0. The molecule has 2 unspecified atom stereocenters. The van der Waals surface area contributed by atoms with Crippen LogP contribution in [0, 0.1) is 0 Å². The maximum atomic E-state index is 10.5. The molecular formula is C14H20ClNO2. The van der Waals surface area contributed by atoms with Crippen LogP contribution in [0.2, 0.25) is 0 Å². The highest BCUT2D eigenvalue weighted by Crippen LogP contribution is 2.30. The van der Waals surface area contributed by atoms with Crippen molar-refractivity contribution in [1.82, 2.24) is 0 Å². The van der Waals surface area contributed by atoms with Crippen LogP contribution in [0.5, 0.6) is 0 Å². The van der Waals surface area contributed by atoms with Gasteiger partial charge in [0.25, 0.3) is 6.47 Å². The topological polar surface area (TPSA) is 52.3 Å². The Morgan fingerprint density at radius 3 is 3.00 bits per heavy atom. The van der Waals surface area contributed by atoms with Gasteiger partial charge in [0.2, 0.25) is 0 Å². The zero-order chi connectivity index (χ0) is 12.3. The Labute approximate surface area is 114 Å². The molecule has 2 N–H and O–H groups in total. The summed E-state index contributed by atoms with van der Waals surface area (Å²) >= 11 is 0. The van der Waals surface area contributed by atoms with Gasteiger partial charge >= 0.3 is 0 Å². The van der Waals surface area contributed by atoms with Crippen molar-refractivity contribution in [2.45, 2.75) is 44.8 Å². The van der Waals surface area contributed by atoms with Crippen molar-refractivity contribution >= 4 is 18.9 Å². The lowest BCUT2D eigenvalue weighted by Crippen LogP contribution is -2.28. The van der Waals surface area contributed by atoms with Gasteiger partial charge in [0, 0.05) is 6.04 Å². The summed E-state index contributed by atoms with van der Waals surface area (Å²) in [6.45, 7) is 2.57. The SMILES string of the molecule is CCC(OC=O)c1cccc2c1CCC(N)C2.Cl. The molecule has 4 heteroatoms. The second-order valence-corrected chi connectivity index (χ2v) is 4.62. The molecule has 0 heterocycles. The Bertz CT molecular complexity index is 409. The lowest BCUT2D eigenvalue weighted by atomic mass is 9.84. The maximum absolute atomic E-state index is 10.5. The van der Waals surface area contributed by atoms with Gasteiger partial charge in [0.1, 0.15) is 6.10 Å². The fraction of sp³-hybridized carbons (Fsp3) is 0.500. The Hall–Kier alpha value is -1.06. The second kappa shape index (κ2) is 6.76. The summed E-state index contributed by atoms with van der Waals surface area (Å²) in [5.41, 5.74) is 9.79. The molecule has 0 amide bonds. The number of fused-ring (bicyclic) bond motifs is 1. The molecule has 3 nitrogen and oxygen atoms in total. The van der Waals surface area contributed by atoms with Crippen molar-refractivity contribution in [1.29, 1.82) is 0 Å². The quantitative estimate of drug-likeness (QED) is 0.855. The average Bonchev–Trinajstić information content (AvgIpc) is 2.35. The zero-order valence-corrected chi connectivity index (χ0v) is 11.4. The van der Waals surface area contributed by atoms with Crippen molar-refractivity contribution in [3.63, 3.8) is 0 Å². The number of ether oxygens (including phenoxy) is 1. The normalized spacial score (nSPS) is 19.3. The summed E-state index contributed by atoms with van der Waals surface area (Å²) in [5.74, 6) is 0. The molecule has 1 aliphatic rings. The van der Waals surface area contributed by atoms with Crippen LogP contribution in [-0.4, -0.2) is 12.5 Å². The maximum Gasteiger partial charge on any atom is 0.293 e. The number of carbonyl (C=O) groups excluding carboxylic acids is 1. The minimum absolute atomic E-state index is 0. The Balaban J connectivity index is 0.00000162. The van der Waals surface area contributed by atoms with Crippen LogP contribution < -0.4 is 5.73 Å². The van der Waals surface area contributed by atoms with Crippen molar-refractivity contribution in [2.24, 2.45) is 5.73 Å². The summed E-state index contributed by atoms with van der Waals surface area (Å²) in [4.78, 5) is 10.5. The van der Waals surface area contributed by atoms with E-state index in [0.29, 0.717) is 6.47 Å². The molecule has 0 aromatic heterocycles. The first-order chi connectivity index (χ1) is 8.26. The van der Waals surface area contributed by atoms with E-state index in [1.165, 1.54) is 11.1 Å². The third-order valence-electron chi connectivity index (χ3n) is 3.49. The Morgan fingerprint density at radius 2 is 2.33 bits per heavy atom. The highest BCUT2D eigenvalue weighted by molar-refractivity contribution is 5.85. The third kappa shape index (κ3) is 3.03. The summed E-state index contributed by atoms with van der Waals surface area (Å²) < 4.78 is 5.16. The monoisotopic (exact) mass is 269 g/mol. The van der Waals surface area contributed by atoms with E-state index in [1.807, 2.05) is 13.0 Å². The molecule has 1 aromatic rings. The number of rotatable bonds is 4. The molecule has 100 valence electrons.